The Labute approximate surface area is 108 Å². The van der Waals surface area contributed by atoms with Crippen LogP contribution in [0.25, 0.3) is 10.1 Å². The zero-order valence-electron chi connectivity index (χ0n) is 10.6. The van der Waals surface area contributed by atoms with Crippen LogP contribution in [0.2, 0.25) is 0 Å². The molecule has 1 aromatic carbocycles. The molecule has 1 heterocycles. The van der Waals surface area contributed by atoms with Gasteiger partial charge in [0.25, 0.3) is 0 Å². The van der Waals surface area contributed by atoms with Crippen LogP contribution in [0.5, 0.6) is 0 Å². The standard InChI is InChI=1S/C16H20S/c1-12-11-14-10-9-13-7-5-3-2-4-6-8-15(13)16(14)17-12/h9-11H,2-8H2,1H3. The van der Waals surface area contributed by atoms with E-state index in [4.69, 9.17) is 0 Å². The SMILES string of the molecule is Cc1cc2ccc3c(c2s1)CCCCCCC3. The van der Waals surface area contributed by atoms with Gasteiger partial charge in [-0.3, -0.25) is 0 Å². The van der Waals surface area contributed by atoms with Crippen molar-refractivity contribution in [2.45, 2.75) is 51.9 Å². The predicted octanol–water partition coefficient (Wildman–Crippen LogP) is 5.26. The maximum absolute atomic E-state index is 2.38. The molecule has 3 rings (SSSR count). The van der Waals surface area contributed by atoms with Crippen LogP contribution in [0.3, 0.4) is 0 Å². The van der Waals surface area contributed by atoms with Gasteiger partial charge in [-0.15, -0.1) is 11.3 Å². The average molecular weight is 244 g/mol. The second-order valence-corrected chi connectivity index (χ2v) is 6.50. The van der Waals surface area contributed by atoms with Crippen molar-refractivity contribution in [2.24, 2.45) is 0 Å². The van der Waals surface area contributed by atoms with Crippen molar-refractivity contribution in [3.8, 4) is 0 Å². The molecule has 0 aliphatic heterocycles. The molecule has 1 heteroatoms. The number of hydrogen-bond donors (Lipinski definition) is 0. The summed E-state index contributed by atoms with van der Waals surface area (Å²) < 4.78 is 1.57. The van der Waals surface area contributed by atoms with E-state index in [1.807, 2.05) is 11.3 Å². The summed E-state index contributed by atoms with van der Waals surface area (Å²) >= 11 is 1.99. The molecule has 0 unspecified atom stereocenters. The average Bonchev–Trinajstić information content (AvgIpc) is 2.73. The van der Waals surface area contributed by atoms with Gasteiger partial charge in [-0.05, 0) is 55.2 Å². The number of benzene rings is 1. The molecule has 2 aromatic rings. The van der Waals surface area contributed by atoms with Crippen LogP contribution in [-0.4, -0.2) is 0 Å². The lowest BCUT2D eigenvalue weighted by Crippen LogP contribution is -1.93. The first-order valence-corrected chi connectivity index (χ1v) is 7.67. The smallest absolute Gasteiger partial charge is 0.0380 e. The van der Waals surface area contributed by atoms with E-state index in [2.05, 4.69) is 25.1 Å². The van der Waals surface area contributed by atoms with E-state index in [9.17, 15) is 0 Å². The van der Waals surface area contributed by atoms with Gasteiger partial charge in [-0.1, -0.05) is 31.4 Å². The minimum atomic E-state index is 1.29. The van der Waals surface area contributed by atoms with Crippen molar-refractivity contribution in [1.82, 2.24) is 0 Å². The summed E-state index contributed by atoms with van der Waals surface area (Å²) in [5.41, 5.74) is 3.30. The van der Waals surface area contributed by atoms with Crippen LogP contribution < -0.4 is 0 Å². The van der Waals surface area contributed by atoms with Gasteiger partial charge in [0.1, 0.15) is 0 Å². The fraction of sp³-hybridized carbons (Fsp3) is 0.500. The summed E-state index contributed by atoms with van der Waals surface area (Å²) in [5.74, 6) is 0. The fourth-order valence-corrected chi connectivity index (χ4v) is 4.10. The van der Waals surface area contributed by atoms with E-state index < -0.39 is 0 Å². The van der Waals surface area contributed by atoms with E-state index >= 15 is 0 Å². The summed E-state index contributed by atoms with van der Waals surface area (Å²) in [6.45, 7) is 2.23. The maximum atomic E-state index is 2.38. The van der Waals surface area contributed by atoms with Crippen LogP contribution in [0.4, 0.5) is 0 Å². The molecule has 0 saturated heterocycles. The summed E-state index contributed by atoms with van der Waals surface area (Å²) in [6.07, 6.45) is 9.61. The molecule has 0 atom stereocenters. The Morgan fingerprint density at radius 1 is 0.941 bits per heavy atom. The largest absolute Gasteiger partial charge is 0.140 e. The molecule has 0 N–H and O–H groups in total. The third-order valence-electron chi connectivity index (χ3n) is 3.88. The monoisotopic (exact) mass is 244 g/mol. The Balaban J connectivity index is 2.11. The van der Waals surface area contributed by atoms with Crippen molar-refractivity contribution in [3.63, 3.8) is 0 Å². The summed E-state index contributed by atoms with van der Waals surface area (Å²) in [4.78, 5) is 1.45. The molecule has 0 nitrogen and oxygen atoms in total. The Hall–Kier alpha value is -0.820. The predicted molar refractivity (Wildman–Crippen MR) is 77.1 cm³/mol. The zero-order valence-corrected chi connectivity index (χ0v) is 11.4. The van der Waals surface area contributed by atoms with Gasteiger partial charge >= 0.3 is 0 Å². The first-order chi connectivity index (χ1) is 8.34. The van der Waals surface area contributed by atoms with Gasteiger partial charge in [-0.2, -0.15) is 0 Å². The molecule has 0 fully saturated rings. The molecule has 0 amide bonds. The lowest BCUT2D eigenvalue weighted by molar-refractivity contribution is 0.629. The van der Waals surface area contributed by atoms with Crippen LogP contribution in [0.1, 0.15) is 48.1 Å². The van der Waals surface area contributed by atoms with Crippen LogP contribution in [0.15, 0.2) is 18.2 Å². The van der Waals surface area contributed by atoms with E-state index in [0.717, 1.165) is 0 Å². The molecule has 1 aliphatic rings. The van der Waals surface area contributed by atoms with Crippen molar-refractivity contribution >= 4 is 21.4 Å². The molecule has 0 saturated carbocycles. The first-order valence-electron chi connectivity index (χ1n) is 6.85. The second-order valence-electron chi connectivity index (χ2n) is 5.25. The number of thiophene rings is 1. The Kier molecular flexibility index (Phi) is 3.19. The lowest BCUT2D eigenvalue weighted by Gasteiger charge is -2.09. The minimum absolute atomic E-state index is 1.29. The number of hydrogen-bond acceptors (Lipinski definition) is 1. The molecule has 1 aliphatic carbocycles. The van der Waals surface area contributed by atoms with Crippen LogP contribution >= 0.6 is 11.3 Å². The highest BCUT2D eigenvalue weighted by molar-refractivity contribution is 7.19. The molecule has 0 spiro atoms. The molecule has 0 bridgehead atoms. The molecular formula is C16H20S. The maximum Gasteiger partial charge on any atom is 0.0380 e. The minimum Gasteiger partial charge on any atom is -0.140 e. The Morgan fingerprint density at radius 3 is 2.59 bits per heavy atom. The van der Waals surface area contributed by atoms with E-state index in [-0.39, 0.29) is 0 Å². The number of aryl methyl sites for hydroxylation is 3. The summed E-state index contributed by atoms with van der Waals surface area (Å²) in [5, 5.41) is 1.46. The lowest BCUT2D eigenvalue weighted by atomic mass is 9.98. The highest BCUT2D eigenvalue weighted by atomic mass is 32.1. The van der Waals surface area contributed by atoms with Gasteiger partial charge in [0, 0.05) is 9.58 Å². The second kappa shape index (κ2) is 4.81. The quantitative estimate of drug-likeness (QED) is 0.593. The van der Waals surface area contributed by atoms with Crippen LogP contribution in [0, 0.1) is 6.92 Å². The third kappa shape index (κ3) is 2.26. The molecular weight excluding hydrogens is 224 g/mol. The highest BCUT2D eigenvalue weighted by Gasteiger charge is 2.11. The number of rotatable bonds is 0. The van der Waals surface area contributed by atoms with Crippen molar-refractivity contribution in [1.29, 1.82) is 0 Å². The van der Waals surface area contributed by atoms with E-state index in [1.165, 1.54) is 55.2 Å². The van der Waals surface area contributed by atoms with E-state index in [0.29, 0.717) is 0 Å². The topological polar surface area (TPSA) is 0 Å². The molecule has 90 valence electrons. The molecule has 17 heavy (non-hydrogen) atoms. The van der Waals surface area contributed by atoms with Gasteiger partial charge in [0.15, 0.2) is 0 Å². The zero-order chi connectivity index (χ0) is 11.7. The Bertz CT molecular complexity index is 522. The van der Waals surface area contributed by atoms with Gasteiger partial charge in [-0.25, -0.2) is 0 Å². The van der Waals surface area contributed by atoms with Gasteiger partial charge in [0.2, 0.25) is 0 Å². The van der Waals surface area contributed by atoms with Gasteiger partial charge in [0.05, 0.1) is 0 Å². The normalized spacial score (nSPS) is 17.2. The molecule has 1 aromatic heterocycles. The summed E-state index contributed by atoms with van der Waals surface area (Å²) in [7, 11) is 0. The summed E-state index contributed by atoms with van der Waals surface area (Å²) in [6, 6.07) is 7.05. The van der Waals surface area contributed by atoms with Crippen molar-refractivity contribution in [2.75, 3.05) is 0 Å². The number of fused-ring (bicyclic) bond motifs is 3. The van der Waals surface area contributed by atoms with Gasteiger partial charge < -0.3 is 0 Å². The molecule has 0 radical (unpaired) electrons. The van der Waals surface area contributed by atoms with Crippen molar-refractivity contribution in [3.05, 3.63) is 34.2 Å². The fourth-order valence-electron chi connectivity index (χ4n) is 2.99. The highest BCUT2D eigenvalue weighted by Crippen LogP contribution is 2.33. The Morgan fingerprint density at radius 2 is 1.71 bits per heavy atom. The van der Waals surface area contributed by atoms with Crippen molar-refractivity contribution < 1.29 is 0 Å². The third-order valence-corrected chi connectivity index (χ3v) is 5.01. The first kappa shape index (κ1) is 11.3. The van der Waals surface area contributed by atoms with E-state index in [1.54, 1.807) is 15.8 Å². The van der Waals surface area contributed by atoms with Crippen LogP contribution in [-0.2, 0) is 12.8 Å².